The van der Waals surface area contributed by atoms with Crippen LogP contribution < -0.4 is 9.46 Å². The predicted molar refractivity (Wildman–Crippen MR) is 89.9 cm³/mol. The van der Waals surface area contributed by atoms with Gasteiger partial charge in [0.1, 0.15) is 0 Å². The number of aromatic nitrogens is 2. The molecule has 0 unspecified atom stereocenters. The van der Waals surface area contributed by atoms with E-state index in [2.05, 4.69) is 14.7 Å². The van der Waals surface area contributed by atoms with Crippen LogP contribution in [-0.2, 0) is 10.0 Å². The highest BCUT2D eigenvalue weighted by molar-refractivity contribution is 7.92. The number of aryl methyl sites for hydroxylation is 2. The first-order valence-corrected chi connectivity index (χ1v) is 8.84. The van der Waals surface area contributed by atoms with Crippen molar-refractivity contribution in [3.63, 3.8) is 0 Å². The van der Waals surface area contributed by atoms with E-state index in [0.29, 0.717) is 29.2 Å². The molecule has 1 heterocycles. The molecule has 2 rings (SSSR count). The Morgan fingerprint density at radius 2 is 1.83 bits per heavy atom. The van der Waals surface area contributed by atoms with Gasteiger partial charge in [0.2, 0.25) is 0 Å². The maximum atomic E-state index is 12.6. The number of Topliss-reactive ketones (excluding diaryl/α,β-unsaturated/α-hetero) is 1. The lowest BCUT2D eigenvalue weighted by Gasteiger charge is -2.13. The average molecular weight is 349 g/mol. The van der Waals surface area contributed by atoms with Gasteiger partial charge >= 0.3 is 6.01 Å². The molecule has 128 valence electrons. The maximum absolute atomic E-state index is 12.6. The van der Waals surface area contributed by atoms with Crippen LogP contribution in [0.15, 0.2) is 29.2 Å². The van der Waals surface area contributed by atoms with E-state index < -0.39 is 10.0 Å². The molecule has 1 N–H and O–H groups in total. The van der Waals surface area contributed by atoms with Gasteiger partial charge in [0.05, 0.1) is 28.6 Å². The lowest BCUT2D eigenvalue weighted by Crippen LogP contribution is -2.16. The van der Waals surface area contributed by atoms with Gasteiger partial charge in [0, 0.05) is 5.56 Å². The SMILES string of the molecule is CCOc1nc(C)c(NS(=O)(=O)c2cccc(C(C)=O)c2)c(C)n1. The number of hydrogen-bond donors (Lipinski definition) is 1. The summed E-state index contributed by atoms with van der Waals surface area (Å²) in [6.45, 7) is 6.95. The van der Waals surface area contributed by atoms with Crippen LogP contribution in [0.5, 0.6) is 6.01 Å². The van der Waals surface area contributed by atoms with Crippen molar-refractivity contribution in [3.8, 4) is 6.01 Å². The summed E-state index contributed by atoms with van der Waals surface area (Å²) in [6, 6.07) is 6.06. The summed E-state index contributed by atoms with van der Waals surface area (Å²) in [6.07, 6.45) is 0. The van der Waals surface area contributed by atoms with Crippen molar-refractivity contribution in [2.45, 2.75) is 32.6 Å². The Morgan fingerprint density at radius 3 is 2.38 bits per heavy atom. The molecule has 0 fully saturated rings. The van der Waals surface area contributed by atoms with E-state index in [9.17, 15) is 13.2 Å². The quantitative estimate of drug-likeness (QED) is 0.805. The first-order chi connectivity index (χ1) is 11.2. The largest absolute Gasteiger partial charge is 0.464 e. The third-order valence-electron chi connectivity index (χ3n) is 3.31. The fraction of sp³-hybridized carbons (Fsp3) is 0.312. The Morgan fingerprint density at radius 1 is 1.21 bits per heavy atom. The minimum atomic E-state index is -3.86. The summed E-state index contributed by atoms with van der Waals surface area (Å²) in [7, 11) is -3.86. The van der Waals surface area contributed by atoms with Crippen molar-refractivity contribution in [2.24, 2.45) is 0 Å². The first-order valence-electron chi connectivity index (χ1n) is 7.36. The Kier molecular flexibility index (Phi) is 5.18. The van der Waals surface area contributed by atoms with Crippen LogP contribution in [0, 0.1) is 13.8 Å². The number of sulfonamides is 1. The van der Waals surface area contributed by atoms with E-state index in [-0.39, 0.29) is 16.7 Å². The highest BCUT2D eigenvalue weighted by Gasteiger charge is 2.19. The number of nitrogens with zero attached hydrogens (tertiary/aromatic N) is 2. The van der Waals surface area contributed by atoms with Crippen molar-refractivity contribution in [3.05, 3.63) is 41.2 Å². The molecule has 0 aliphatic heterocycles. The smallest absolute Gasteiger partial charge is 0.316 e. The lowest BCUT2D eigenvalue weighted by atomic mass is 10.2. The van der Waals surface area contributed by atoms with Crippen LogP contribution in [0.4, 0.5) is 5.69 Å². The molecule has 0 aliphatic rings. The molecule has 2 aromatic rings. The summed E-state index contributed by atoms with van der Waals surface area (Å²) in [5.74, 6) is -0.205. The average Bonchev–Trinajstić information content (AvgIpc) is 2.51. The van der Waals surface area contributed by atoms with E-state index in [1.165, 1.54) is 25.1 Å². The van der Waals surface area contributed by atoms with Gasteiger partial charge in [-0.15, -0.1) is 0 Å². The second-order valence-electron chi connectivity index (χ2n) is 5.17. The minimum absolute atomic E-state index is 0.00267. The van der Waals surface area contributed by atoms with Crippen LogP contribution in [0.25, 0.3) is 0 Å². The van der Waals surface area contributed by atoms with Gasteiger partial charge in [-0.3, -0.25) is 9.52 Å². The topological polar surface area (TPSA) is 98.2 Å². The third kappa shape index (κ3) is 3.88. The normalized spacial score (nSPS) is 11.2. The number of anilines is 1. The van der Waals surface area contributed by atoms with Gasteiger partial charge in [-0.1, -0.05) is 12.1 Å². The summed E-state index contributed by atoms with van der Waals surface area (Å²) >= 11 is 0. The molecule has 24 heavy (non-hydrogen) atoms. The van der Waals surface area contributed by atoms with E-state index in [1.54, 1.807) is 19.9 Å². The summed E-state index contributed by atoms with van der Waals surface area (Å²) in [5.41, 5.74) is 1.54. The van der Waals surface area contributed by atoms with Gasteiger partial charge in [-0.05, 0) is 39.8 Å². The van der Waals surface area contributed by atoms with Crippen LogP contribution in [0.1, 0.15) is 35.6 Å². The Balaban J connectivity index is 2.39. The number of ether oxygens (including phenoxy) is 1. The number of hydrogen-bond acceptors (Lipinski definition) is 6. The molecular formula is C16H19N3O4S. The van der Waals surface area contributed by atoms with E-state index >= 15 is 0 Å². The molecular weight excluding hydrogens is 330 g/mol. The lowest BCUT2D eigenvalue weighted by molar-refractivity contribution is 0.101. The molecule has 0 spiro atoms. The zero-order valence-corrected chi connectivity index (χ0v) is 14.8. The molecule has 7 nitrogen and oxygen atoms in total. The number of benzene rings is 1. The highest BCUT2D eigenvalue weighted by atomic mass is 32.2. The fourth-order valence-corrected chi connectivity index (χ4v) is 3.32. The molecule has 0 atom stereocenters. The molecule has 0 saturated carbocycles. The number of carbonyl (C=O) groups excluding carboxylic acids is 1. The number of ketones is 1. The van der Waals surface area contributed by atoms with Gasteiger partial charge in [-0.25, -0.2) is 8.42 Å². The summed E-state index contributed by atoms with van der Waals surface area (Å²) in [4.78, 5) is 19.7. The zero-order chi connectivity index (χ0) is 17.9. The third-order valence-corrected chi connectivity index (χ3v) is 4.66. The van der Waals surface area contributed by atoms with Crippen LogP contribution in [-0.4, -0.2) is 30.8 Å². The van der Waals surface area contributed by atoms with Gasteiger partial charge in [0.15, 0.2) is 5.78 Å². The number of rotatable bonds is 6. The van der Waals surface area contributed by atoms with Crippen molar-refractivity contribution < 1.29 is 17.9 Å². The van der Waals surface area contributed by atoms with Gasteiger partial charge < -0.3 is 4.74 Å². The Bertz CT molecular complexity index is 856. The highest BCUT2D eigenvalue weighted by Crippen LogP contribution is 2.23. The van der Waals surface area contributed by atoms with E-state index in [1.807, 2.05) is 6.92 Å². The molecule has 0 radical (unpaired) electrons. The van der Waals surface area contributed by atoms with Crippen molar-refractivity contribution in [2.75, 3.05) is 11.3 Å². The van der Waals surface area contributed by atoms with Crippen LogP contribution in [0.2, 0.25) is 0 Å². The second kappa shape index (κ2) is 6.96. The Labute approximate surface area is 141 Å². The standard InChI is InChI=1S/C16H19N3O4S/c1-5-23-16-17-10(2)15(11(3)18-16)19-24(21,22)14-8-6-7-13(9-14)12(4)20/h6-9,19H,5H2,1-4H3. The van der Waals surface area contributed by atoms with E-state index in [4.69, 9.17) is 4.74 Å². The molecule has 1 aromatic carbocycles. The molecule has 0 saturated heterocycles. The number of carbonyl (C=O) groups is 1. The Hall–Kier alpha value is -2.48. The monoisotopic (exact) mass is 349 g/mol. The first kappa shape index (κ1) is 17.9. The second-order valence-corrected chi connectivity index (χ2v) is 6.86. The molecule has 8 heteroatoms. The number of nitrogens with one attached hydrogen (secondary N) is 1. The molecule has 0 amide bonds. The van der Waals surface area contributed by atoms with Crippen molar-refractivity contribution >= 4 is 21.5 Å². The molecule has 0 bridgehead atoms. The van der Waals surface area contributed by atoms with Gasteiger partial charge in [-0.2, -0.15) is 9.97 Å². The van der Waals surface area contributed by atoms with Crippen molar-refractivity contribution in [1.82, 2.24) is 9.97 Å². The molecule has 0 aliphatic carbocycles. The van der Waals surface area contributed by atoms with E-state index in [0.717, 1.165) is 0 Å². The fourth-order valence-electron chi connectivity index (χ4n) is 2.10. The minimum Gasteiger partial charge on any atom is -0.464 e. The summed E-state index contributed by atoms with van der Waals surface area (Å²) < 4.78 is 32.9. The van der Waals surface area contributed by atoms with Crippen molar-refractivity contribution in [1.29, 1.82) is 0 Å². The van der Waals surface area contributed by atoms with Gasteiger partial charge in [0.25, 0.3) is 10.0 Å². The van der Waals surface area contributed by atoms with Crippen LogP contribution >= 0.6 is 0 Å². The predicted octanol–water partition coefficient (Wildman–Crippen LogP) is 2.50. The summed E-state index contributed by atoms with van der Waals surface area (Å²) in [5, 5.41) is 0. The molecule has 1 aromatic heterocycles. The zero-order valence-electron chi connectivity index (χ0n) is 14.0. The maximum Gasteiger partial charge on any atom is 0.316 e. The van der Waals surface area contributed by atoms with Crippen LogP contribution in [0.3, 0.4) is 0 Å².